The van der Waals surface area contributed by atoms with E-state index in [0.29, 0.717) is 15.8 Å². The van der Waals surface area contributed by atoms with E-state index in [1.165, 1.54) is 22.8 Å². The summed E-state index contributed by atoms with van der Waals surface area (Å²) in [6, 6.07) is 9.86. The summed E-state index contributed by atoms with van der Waals surface area (Å²) in [6.07, 6.45) is 0. The fourth-order valence-electron chi connectivity index (χ4n) is 1.80. The maximum absolute atomic E-state index is 12.1. The number of sulfonamides is 1. The molecule has 0 bridgehead atoms. The van der Waals surface area contributed by atoms with Crippen molar-refractivity contribution in [1.82, 2.24) is 9.71 Å². The Morgan fingerprint density at radius 2 is 1.96 bits per heavy atom. The molecule has 0 atom stereocenters. The first kappa shape index (κ1) is 17.9. The minimum atomic E-state index is -3.87. The molecule has 2 heterocycles. The normalized spacial score (nSPS) is 11.2. The standard InChI is InChI=1S/C15H11ClN2O4S3/c16-10-3-5-11(6-4-10)22-8-13-17-12(9-24-13)15(19)18-25(20,21)14-2-1-7-23-14/h1-7,9H,8H2,(H,18,19). The molecule has 0 spiro atoms. The van der Waals surface area contributed by atoms with E-state index >= 15 is 0 Å². The predicted molar refractivity (Wildman–Crippen MR) is 96.9 cm³/mol. The first-order chi connectivity index (χ1) is 11.9. The van der Waals surface area contributed by atoms with Crippen molar-refractivity contribution in [2.24, 2.45) is 0 Å². The summed E-state index contributed by atoms with van der Waals surface area (Å²) >= 11 is 8.04. The van der Waals surface area contributed by atoms with E-state index in [4.69, 9.17) is 16.3 Å². The lowest BCUT2D eigenvalue weighted by Crippen LogP contribution is -2.30. The zero-order valence-corrected chi connectivity index (χ0v) is 15.7. The van der Waals surface area contributed by atoms with Crippen LogP contribution in [0.2, 0.25) is 5.02 Å². The molecular formula is C15H11ClN2O4S3. The molecular weight excluding hydrogens is 404 g/mol. The summed E-state index contributed by atoms with van der Waals surface area (Å²) in [4.78, 5) is 16.2. The molecule has 1 amide bonds. The van der Waals surface area contributed by atoms with Gasteiger partial charge in [-0.2, -0.15) is 0 Å². The Morgan fingerprint density at radius 3 is 2.64 bits per heavy atom. The fourth-order valence-corrected chi connectivity index (χ4v) is 4.56. The van der Waals surface area contributed by atoms with E-state index in [2.05, 4.69) is 4.98 Å². The molecule has 0 aliphatic carbocycles. The molecule has 0 aliphatic rings. The van der Waals surface area contributed by atoms with E-state index in [1.807, 2.05) is 4.72 Å². The van der Waals surface area contributed by atoms with Crippen LogP contribution in [0.25, 0.3) is 0 Å². The number of benzene rings is 1. The van der Waals surface area contributed by atoms with Crippen LogP contribution in [0.5, 0.6) is 5.75 Å². The van der Waals surface area contributed by atoms with Crippen LogP contribution in [-0.2, 0) is 16.6 Å². The van der Waals surface area contributed by atoms with Gasteiger partial charge in [0.1, 0.15) is 27.3 Å². The Morgan fingerprint density at radius 1 is 1.20 bits per heavy atom. The third-order valence-corrected chi connectivity index (χ3v) is 6.75. The lowest BCUT2D eigenvalue weighted by molar-refractivity contribution is 0.0977. The van der Waals surface area contributed by atoms with Crippen LogP contribution >= 0.6 is 34.3 Å². The van der Waals surface area contributed by atoms with Crippen LogP contribution in [0.4, 0.5) is 0 Å². The average Bonchev–Trinajstić information content (AvgIpc) is 3.26. The van der Waals surface area contributed by atoms with Crippen molar-refractivity contribution in [3.63, 3.8) is 0 Å². The maximum atomic E-state index is 12.1. The van der Waals surface area contributed by atoms with Crippen molar-refractivity contribution >= 4 is 50.2 Å². The molecule has 25 heavy (non-hydrogen) atoms. The van der Waals surface area contributed by atoms with Gasteiger partial charge in [-0.25, -0.2) is 18.1 Å². The molecule has 0 saturated heterocycles. The van der Waals surface area contributed by atoms with Crippen LogP contribution in [-0.4, -0.2) is 19.3 Å². The molecule has 6 nitrogen and oxygen atoms in total. The van der Waals surface area contributed by atoms with Crippen molar-refractivity contribution in [1.29, 1.82) is 0 Å². The molecule has 1 N–H and O–H groups in total. The minimum absolute atomic E-state index is 0.0276. The van der Waals surface area contributed by atoms with Gasteiger partial charge in [0, 0.05) is 10.4 Å². The Balaban J connectivity index is 1.62. The van der Waals surface area contributed by atoms with Crippen LogP contribution in [0.3, 0.4) is 0 Å². The molecule has 3 rings (SSSR count). The number of nitrogens with one attached hydrogen (secondary N) is 1. The van der Waals surface area contributed by atoms with Crippen LogP contribution in [0.15, 0.2) is 51.4 Å². The van der Waals surface area contributed by atoms with Gasteiger partial charge in [-0.15, -0.1) is 22.7 Å². The molecule has 1 aromatic carbocycles. The molecule has 0 saturated carbocycles. The number of carbonyl (C=O) groups is 1. The summed E-state index contributed by atoms with van der Waals surface area (Å²) < 4.78 is 31.7. The summed E-state index contributed by atoms with van der Waals surface area (Å²) in [5, 5.41) is 4.26. The second-order valence-corrected chi connectivity index (χ2v) is 8.97. The fraction of sp³-hybridized carbons (Fsp3) is 0.0667. The average molecular weight is 415 g/mol. The summed E-state index contributed by atoms with van der Waals surface area (Å²) in [5.74, 6) is -0.159. The first-order valence-electron chi connectivity index (χ1n) is 6.87. The number of ether oxygens (including phenoxy) is 1. The third kappa shape index (κ3) is 4.57. The Kier molecular flexibility index (Phi) is 5.38. The number of aromatic nitrogens is 1. The highest BCUT2D eigenvalue weighted by molar-refractivity contribution is 7.92. The molecule has 0 radical (unpaired) electrons. The van der Waals surface area contributed by atoms with Crippen LogP contribution in [0.1, 0.15) is 15.5 Å². The Labute approximate surface area is 157 Å². The van der Waals surface area contributed by atoms with Gasteiger partial charge in [0.15, 0.2) is 0 Å². The predicted octanol–water partition coefficient (Wildman–Crippen LogP) is 3.56. The highest BCUT2D eigenvalue weighted by atomic mass is 35.5. The molecule has 0 unspecified atom stereocenters. The van der Waals surface area contributed by atoms with Crippen molar-refractivity contribution in [2.75, 3.05) is 0 Å². The number of halogens is 1. The van der Waals surface area contributed by atoms with Crippen LogP contribution in [0, 0.1) is 0 Å². The zero-order chi connectivity index (χ0) is 17.9. The lowest BCUT2D eigenvalue weighted by atomic mass is 10.3. The topological polar surface area (TPSA) is 85.4 Å². The second kappa shape index (κ2) is 7.52. The SMILES string of the molecule is O=C(NS(=O)(=O)c1cccs1)c1csc(COc2ccc(Cl)cc2)n1. The number of thiophene rings is 1. The third-order valence-electron chi connectivity index (χ3n) is 2.95. The van der Waals surface area contributed by atoms with Gasteiger partial charge in [-0.05, 0) is 35.7 Å². The number of amides is 1. The highest BCUT2D eigenvalue weighted by Gasteiger charge is 2.21. The molecule has 0 aliphatic heterocycles. The van der Waals surface area contributed by atoms with Gasteiger partial charge in [0.2, 0.25) is 0 Å². The van der Waals surface area contributed by atoms with E-state index in [0.717, 1.165) is 11.3 Å². The largest absolute Gasteiger partial charge is 0.486 e. The first-order valence-corrected chi connectivity index (χ1v) is 10.5. The van der Waals surface area contributed by atoms with E-state index < -0.39 is 15.9 Å². The van der Waals surface area contributed by atoms with Gasteiger partial charge in [0.25, 0.3) is 15.9 Å². The molecule has 3 aromatic rings. The summed E-state index contributed by atoms with van der Waals surface area (Å²) in [6.45, 7) is 0.164. The quantitative estimate of drug-likeness (QED) is 0.666. The van der Waals surface area contributed by atoms with Crippen molar-refractivity contribution < 1.29 is 17.9 Å². The van der Waals surface area contributed by atoms with Gasteiger partial charge in [-0.1, -0.05) is 17.7 Å². The lowest BCUT2D eigenvalue weighted by Gasteiger charge is -2.04. The minimum Gasteiger partial charge on any atom is -0.486 e. The summed E-state index contributed by atoms with van der Waals surface area (Å²) in [7, 11) is -3.87. The van der Waals surface area contributed by atoms with Crippen molar-refractivity contribution in [3.8, 4) is 5.75 Å². The monoisotopic (exact) mass is 414 g/mol. The van der Waals surface area contributed by atoms with Crippen molar-refractivity contribution in [2.45, 2.75) is 10.8 Å². The summed E-state index contributed by atoms with van der Waals surface area (Å²) in [5.41, 5.74) is 0.0276. The molecule has 2 aromatic heterocycles. The maximum Gasteiger partial charge on any atom is 0.284 e. The number of nitrogens with zero attached hydrogens (tertiary/aromatic N) is 1. The van der Waals surface area contributed by atoms with Gasteiger partial charge in [-0.3, -0.25) is 4.79 Å². The van der Waals surface area contributed by atoms with E-state index in [1.54, 1.807) is 35.7 Å². The van der Waals surface area contributed by atoms with E-state index in [-0.39, 0.29) is 16.5 Å². The number of thiazole rings is 1. The van der Waals surface area contributed by atoms with E-state index in [9.17, 15) is 13.2 Å². The second-order valence-electron chi connectivity index (χ2n) is 4.74. The van der Waals surface area contributed by atoms with Crippen molar-refractivity contribution in [3.05, 3.63) is 62.9 Å². The number of rotatable bonds is 6. The number of carbonyl (C=O) groups excluding carboxylic acids is 1. The smallest absolute Gasteiger partial charge is 0.284 e. The Bertz CT molecular complexity index is 967. The number of hydrogen-bond acceptors (Lipinski definition) is 7. The van der Waals surface area contributed by atoms with Gasteiger partial charge in [0.05, 0.1) is 0 Å². The zero-order valence-electron chi connectivity index (χ0n) is 12.5. The van der Waals surface area contributed by atoms with Gasteiger partial charge >= 0.3 is 0 Å². The highest BCUT2D eigenvalue weighted by Crippen LogP contribution is 2.19. The van der Waals surface area contributed by atoms with Crippen LogP contribution < -0.4 is 9.46 Å². The molecule has 10 heteroatoms. The number of hydrogen-bond donors (Lipinski definition) is 1. The Hall–Kier alpha value is -1.94. The van der Waals surface area contributed by atoms with Gasteiger partial charge < -0.3 is 4.74 Å². The molecule has 130 valence electrons. The molecule has 0 fully saturated rings.